The van der Waals surface area contributed by atoms with E-state index in [0.717, 1.165) is 18.3 Å². The van der Waals surface area contributed by atoms with Gasteiger partial charge in [-0.25, -0.2) is 4.98 Å². The number of alkyl halides is 3. The molecule has 1 aliphatic rings. The minimum Gasteiger partial charge on any atom is -0.411 e. The van der Waals surface area contributed by atoms with Crippen LogP contribution in [-0.2, 0) is 6.18 Å². The molecule has 98 valence electrons. The molecule has 18 heavy (non-hydrogen) atoms. The van der Waals surface area contributed by atoms with Crippen LogP contribution < -0.4 is 4.90 Å². The van der Waals surface area contributed by atoms with Crippen molar-refractivity contribution >= 4 is 11.5 Å². The van der Waals surface area contributed by atoms with Crippen molar-refractivity contribution in [2.24, 2.45) is 5.16 Å². The molecule has 2 rings (SSSR count). The van der Waals surface area contributed by atoms with Gasteiger partial charge in [0.05, 0.1) is 11.3 Å². The SMILES string of the molecule is ON=C1CCN(c2cc(C(F)(F)F)ccn2)CC1. The molecule has 4 nitrogen and oxygen atoms in total. The lowest BCUT2D eigenvalue weighted by atomic mass is 10.1. The molecule has 1 aromatic rings. The van der Waals surface area contributed by atoms with Gasteiger partial charge in [0, 0.05) is 32.1 Å². The number of pyridine rings is 1. The first kappa shape index (κ1) is 12.7. The number of aromatic nitrogens is 1. The average Bonchev–Trinajstić information content (AvgIpc) is 2.38. The maximum absolute atomic E-state index is 12.6. The maximum atomic E-state index is 12.6. The fraction of sp³-hybridized carbons (Fsp3) is 0.455. The number of nitrogens with zero attached hydrogens (tertiary/aromatic N) is 3. The van der Waals surface area contributed by atoms with Crippen molar-refractivity contribution in [1.29, 1.82) is 0 Å². The number of oxime groups is 1. The van der Waals surface area contributed by atoms with E-state index in [1.807, 2.05) is 0 Å². The molecule has 1 fully saturated rings. The molecule has 0 aliphatic carbocycles. The summed E-state index contributed by atoms with van der Waals surface area (Å²) in [5.74, 6) is 0.307. The van der Waals surface area contributed by atoms with Gasteiger partial charge in [0.25, 0.3) is 0 Å². The summed E-state index contributed by atoms with van der Waals surface area (Å²) in [6, 6.07) is 2.00. The molecule has 1 aromatic heterocycles. The molecule has 0 radical (unpaired) electrons. The van der Waals surface area contributed by atoms with Crippen LogP contribution in [0.4, 0.5) is 19.0 Å². The molecule has 0 saturated carbocycles. The molecule has 0 bridgehead atoms. The predicted molar refractivity (Wildman–Crippen MR) is 59.9 cm³/mol. The van der Waals surface area contributed by atoms with Crippen molar-refractivity contribution in [2.75, 3.05) is 18.0 Å². The topological polar surface area (TPSA) is 48.7 Å². The van der Waals surface area contributed by atoms with Crippen molar-refractivity contribution in [3.05, 3.63) is 23.9 Å². The van der Waals surface area contributed by atoms with E-state index < -0.39 is 11.7 Å². The lowest BCUT2D eigenvalue weighted by molar-refractivity contribution is -0.137. The number of piperidine rings is 1. The third-order valence-electron chi connectivity index (χ3n) is 2.88. The highest BCUT2D eigenvalue weighted by atomic mass is 19.4. The largest absolute Gasteiger partial charge is 0.416 e. The summed E-state index contributed by atoms with van der Waals surface area (Å²) < 4.78 is 37.7. The van der Waals surface area contributed by atoms with Gasteiger partial charge in [0.2, 0.25) is 0 Å². The van der Waals surface area contributed by atoms with Gasteiger partial charge in [-0.2, -0.15) is 13.2 Å². The van der Waals surface area contributed by atoms with Crippen LogP contribution in [0.3, 0.4) is 0 Å². The van der Waals surface area contributed by atoms with Crippen LogP contribution >= 0.6 is 0 Å². The van der Waals surface area contributed by atoms with E-state index in [1.54, 1.807) is 4.90 Å². The van der Waals surface area contributed by atoms with Crippen LogP contribution in [-0.4, -0.2) is 29.0 Å². The van der Waals surface area contributed by atoms with Crippen LogP contribution in [0, 0.1) is 0 Å². The Kier molecular flexibility index (Phi) is 3.40. The standard InChI is InChI=1S/C11H12F3N3O/c12-11(13,14)8-1-4-15-10(7-8)17-5-2-9(16-18)3-6-17/h1,4,7,18H,2-3,5-6H2. The van der Waals surface area contributed by atoms with E-state index in [1.165, 1.54) is 0 Å². The molecule has 1 N–H and O–H groups in total. The molecule has 0 spiro atoms. The van der Waals surface area contributed by atoms with Crippen LogP contribution in [0.1, 0.15) is 18.4 Å². The van der Waals surface area contributed by atoms with Gasteiger partial charge in [-0.3, -0.25) is 0 Å². The monoisotopic (exact) mass is 259 g/mol. The summed E-state index contributed by atoms with van der Waals surface area (Å²) in [5, 5.41) is 11.7. The van der Waals surface area contributed by atoms with E-state index >= 15 is 0 Å². The molecule has 0 amide bonds. The Morgan fingerprint density at radius 2 is 1.94 bits per heavy atom. The molecule has 0 atom stereocenters. The van der Waals surface area contributed by atoms with Crippen molar-refractivity contribution in [1.82, 2.24) is 4.98 Å². The predicted octanol–water partition coefficient (Wildman–Crippen LogP) is 2.53. The Balaban J connectivity index is 2.15. The maximum Gasteiger partial charge on any atom is 0.416 e. The Bertz CT molecular complexity index is 449. The van der Waals surface area contributed by atoms with Crippen LogP contribution in [0.5, 0.6) is 0 Å². The van der Waals surface area contributed by atoms with Gasteiger partial charge in [0.1, 0.15) is 5.82 Å². The highest BCUT2D eigenvalue weighted by Crippen LogP contribution is 2.31. The third-order valence-corrected chi connectivity index (χ3v) is 2.88. The second-order valence-corrected chi connectivity index (χ2v) is 4.05. The molecular formula is C11H12F3N3O. The fourth-order valence-electron chi connectivity index (χ4n) is 1.86. The molecule has 7 heteroatoms. The van der Waals surface area contributed by atoms with Crippen molar-refractivity contribution in [3.8, 4) is 0 Å². The number of hydrogen-bond donors (Lipinski definition) is 1. The number of hydrogen-bond acceptors (Lipinski definition) is 4. The Morgan fingerprint density at radius 3 is 2.50 bits per heavy atom. The van der Waals surface area contributed by atoms with Crippen molar-refractivity contribution in [3.63, 3.8) is 0 Å². The first-order valence-electron chi connectivity index (χ1n) is 5.48. The van der Waals surface area contributed by atoms with Gasteiger partial charge in [-0.15, -0.1) is 0 Å². The number of rotatable bonds is 1. The Morgan fingerprint density at radius 1 is 1.28 bits per heavy atom. The molecule has 1 aliphatic heterocycles. The quantitative estimate of drug-likeness (QED) is 0.622. The first-order chi connectivity index (χ1) is 8.50. The fourth-order valence-corrected chi connectivity index (χ4v) is 1.86. The highest BCUT2D eigenvalue weighted by molar-refractivity contribution is 5.86. The lowest BCUT2D eigenvalue weighted by Gasteiger charge is -2.28. The van der Waals surface area contributed by atoms with Crippen molar-refractivity contribution in [2.45, 2.75) is 19.0 Å². The highest BCUT2D eigenvalue weighted by Gasteiger charge is 2.31. The smallest absolute Gasteiger partial charge is 0.411 e. The van der Waals surface area contributed by atoms with E-state index in [2.05, 4.69) is 10.1 Å². The molecule has 1 saturated heterocycles. The number of anilines is 1. The van der Waals surface area contributed by atoms with Crippen molar-refractivity contribution < 1.29 is 18.4 Å². The summed E-state index contributed by atoms with van der Waals surface area (Å²) >= 11 is 0. The molecular weight excluding hydrogens is 247 g/mol. The zero-order chi connectivity index (χ0) is 13.2. The summed E-state index contributed by atoms with van der Waals surface area (Å²) in [7, 11) is 0. The summed E-state index contributed by atoms with van der Waals surface area (Å²) in [4.78, 5) is 5.70. The van der Waals surface area contributed by atoms with Crippen LogP contribution in [0.2, 0.25) is 0 Å². The summed E-state index contributed by atoms with van der Waals surface area (Å²) in [6.45, 7) is 1.02. The summed E-state index contributed by atoms with van der Waals surface area (Å²) in [6.07, 6.45) is -2.12. The summed E-state index contributed by atoms with van der Waals surface area (Å²) in [5.41, 5.74) is -0.0349. The second-order valence-electron chi connectivity index (χ2n) is 4.05. The van der Waals surface area contributed by atoms with E-state index in [-0.39, 0.29) is 0 Å². The third kappa shape index (κ3) is 2.72. The van der Waals surface area contributed by atoms with Gasteiger partial charge < -0.3 is 10.1 Å². The van der Waals surface area contributed by atoms with Crippen LogP contribution in [0.15, 0.2) is 23.5 Å². The van der Waals surface area contributed by atoms with Gasteiger partial charge in [-0.1, -0.05) is 5.16 Å². The molecule has 0 unspecified atom stereocenters. The van der Waals surface area contributed by atoms with Gasteiger partial charge >= 0.3 is 6.18 Å². The lowest BCUT2D eigenvalue weighted by Crippen LogP contribution is -2.34. The normalized spacial score (nSPS) is 16.8. The Labute approximate surface area is 102 Å². The van der Waals surface area contributed by atoms with Gasteiger partial charge in [0.15, 0.2) is 0 Å². The molecule has 2 heterocycles. The zero-order valence-electron chi connectivity index (χ0n) is 9.48. The number of halogens is 3. The average molecular weight is 259 g/mol. The van der Waals surface area contributed by atoms with Crippen LogP contribution in [0.25, 0.3) is 0 Å². The zero-order valence-corrected chi connectivity index (χ0v) is 9.48. The van der Waals surface area contributed by atoms with E-state index in [0.29, 0.717) is 37.5 Å². The minimum atomic E-state index is -4.36. The second kappa shape index (κ2) is 4.83. The van der Waals surface area contributed by atoms with E-state index in [9.17, 15) is 13.2 Å². The Hall–Kier alpha value is -1.79. The first-order valence-corrected chi connectivity index (χ1v) is 5.48. The molecule has 0 aromatic carbocycles. The van der Waals surface area contributed by atoms with Gasteiger partial charge in [-0.05, 0) is 12.1 Å². The minimum absolute atomic E-state index is 0.307. The van der Waals surface area contributed by atoms with E-state index in [4.69, 9.17) is 5.21 Å².